The lowest BCUT2D eigenvalue weighted by atomic mass is 10.2. The minimum Gasteiger partial charge on any atom is -0.447 e. The second kappa shape index (κ2) is 6.07. The lowest BCUT2D eigenvalue weighted by Gasteiger charge is -2.09. The second-order valence-electron chi connectivity index (χ2n) is 3.59. The lowest BCUT2D eigenvalue weighted by molar-refractivity contribution is 0.130. The van der Waals surface area contributed by atoms with Gasteiger partial charge in [-0.25, -0.2) is 4.79 Å². The first-order valence-electron chi connectivity index (χ1n) is 5.15. The quantitative estimate of drug-likeness (QED) is 0.814. The number of amides is 1. The Morgan fingerprint density at radius 3 is 3.00 bits per heavy atom. The molecular weight excluding hydrogens is 208 g/mol. The van der Waals surface area contributed by atoms with Crippen LogP contribution < -0.4 is 5.32 Å². The third-order valence-corrected chi connectivity index (χ3v) is 1.77. The molecule has 0 spiro atoms. The van der Waals surface area contributed by atoms with Crippen LogP contribution in [0, 0.1) is 0 Å². The molecule has 16 heavy (non-hydrogen) atoms. The van der Waals surface area contributed by atoms with Crippen molar-refractivity contribution in [1.82, 2.24) is 4.98 Å². The van der Waals surface area contributed by atoms with Gasteiger partial charge in [-0.1, -0.05) is 0 Å². The van der Waals surface area contributed by atoms with Crippen LogP contribution in [0.15, 0.2) is 18.3 Å². The molecule has 0 fully saturated rings. The largest absolute Gasteiger partial charge is 0.447 e. The van der Waals surface area contributed by atoms with Crippen molar-refractivity contribution in [1.29, 1.82) is 0 Å². The fraction of sp³-hybridized carbons (Fsp3) is 0.455. The number of aromatic nitrogens is 1. The van der Waals surface area contributed by atoms with Gasteiger partial charge in [-0.3, -0.25) is 10.3 Å². The summed E-state index contributed by atoms with van der Waals surface area (Å²) in [4.78, 5) is 15.3. The Bertz CT molecular complexity index is 353. The van der Waals surface area contributed by atoms with Crippen molar-refractivity contribution in [2.24, 2.45) is 0 Å². The van der Waals surface area contributed by atoms with Crippen molar-refractivity contribution < 1.29 is 14.6 Å². The first kappa shape index (κ1) is 12.4. The van der Waals surface area contributed by atoms with Crippen molar-refractivity contribution in [3.05, 3.63) is 24.0 Å². The Kier molecular flexibility index (Phi) is 4.72. The number of carbonyl (C=O) groups is 1. The molecule has 0 aliphatic carbocycles. The molecule has 88 valence electrons. The highest BCUT2D eigenvalue weighted by molar-refractivity contribution is 5.84. The molecule has 0 unspecified atom stereocenters. The van der Waals surface area contributed by atoms with Crippen molar-refractivity contribution in [2.45, 2.75) is 26.4 Å². The van der Waals surface area contributed by atoms with Crippen LogP contribution in [0.3, 0.4) is 0 Å². The maximum Gasteiger partial charge on any atom is 0.411 e. The smallest absolute Gasteiger partial charge is 0.411 e. The van der Waals surface area contributed by atoms with Crippen molar-refractivity contribution >= 4 is 11.8 Å². The van der Waals surface area contributed by atoms with Crippen LogP contribution in [0.1, 0.15) is 19.5 Å². The summed E-state index contributed by atoms with van der Waals surface area (Å²) in [7, 11) is 0. The normalized spacial score (nSPS) is 10.2. The zero-order valence-electron chi connectivity index (χ0n) is 9.43. The Morgan fingerprint density at radius 2 is 2.38 bits per heavy atom. The number of carbonyl (C=O) groups excluding carboxylic acids is 1. The highest BCUT2D eigenvalue weighted by Crippen LogP contribution is 2.09. The maximum atomic E-state index is 11.3. The topological polar surface area (TPSA) is 71.5 Å². The summed E-state index contributed by atoms with van der Waals surface area (Å²) < 4.78 is 4.93. The molecule has 5 nitrogen and oxygen atoms in total. The van der Waals surface area contributed by atoms with Gasteiger partial charge in [0.25, 0.3) is 0 Å². The third-order valence-electron chi connectivity index (χ3n) is 1.77. The molecule has 1 rings (SSSR count). The van der Waals surface area contributed by atoms with E-state index < -0.39 is 6.09 Å². The van der Waals surface area contributed by atoms with Gasteiger partial charge in [0.2, 0.25) is 0 Å². The van der Waals surface area contributed by atoms with E-state index >= 15 is 0 Å². The maximum absolute atomic E-state index is 11.3. The van der Waals surface area contributed by atoms with E-state index in [0.29, 0.717) is 12.1 Å². The molecule has 0 saturated carbocycles. The number of nitrogens with one attached hydrogen (secondary N) is 1. The summed E-state index contributed by atoms with van der Waals surface area (Å²) >= 11 is 0. The number of pyridine rings is 1. The van der Waals surface area contributed by atoms with E-state index in [-0.39, 0.29) is 12.7 Å². The molecule has 0 radical (unpaired) electrons. The zero-order chi connectivity index (χ0) is 12.0. The first-order chi connectivity index (χ1) is 7.61. The van der Waals surface area contributed by atoms with Gasteiger partial charge in [0.15, 0.2) is 0 Å². The highest BCUT2D eigenvalue weighted by atomic mass is 16.6. The van der Waals surface area contributed by atoms with Crippen LogP contribution >= 0.6 is 0 Å². The van der Waals surface area contributed by atoms with E-state index in [4.69, 9.17) is 9.84 Å². The summed E-state index contributed by atoms with van der Waals surface area (Å²) in [5, 5.41) is 11.3. The molecule has 5 heteroatoms. The lowest BCUT2D eigenvalue weighted by Crippen LogP contribution is -2.18. The summed E-state index contributed by atoms with van der Waals surface area (Å²) in [6.45, 7) is 3.60. The Hall–Kier alpha value is -1.62. The van der Waals surface area contributed by atoms with Gasteiger partial charge >= 0.3 is 6.09 Å². The minimum absolute atomic E-state index is 0.0346. The zero-order valence-corrected chi connectivity index (χ0v) is 9.43. The number of aliphatic hydroxyl groups excluding tert-OH is 1. The summed E-state index contributed by atoms with van der Waals surface area (Å²) in [6, 6.07) is 3.38. The number of hydrogen-bond donors (Lipinski definition) is 2. The van der Waals surface area contributed by atoms with Crippen molar-refractivity contribution in [3.63, 3.8) is 0 Å². The second-order valence-corrected chi connectivity index (χ2v) is 3.59. The average Bonchev–Trinajstić information content (AvgIpc) is 2.17. The van der Waals surface area contributed by atoms with Gasteiger partial charge in [-0.2, -0.15) is 0 Å². The SMILES string of the molecule is CC(C)OC(=O)Nc1ccnc(CCO)c1. The first-order valence-corrected chi connectivity index (χ1v) is 5.15. The van der Waals surface area contributed by atoms with E-state index in [0.717, 1.165) is 5.69 Å². The molecule has 2 N–H and O–H groups in total. The number of rotatable bonds is 4. The molecule has 0 aromatic carbocycles. The average molecular weight is 224 g/mol. The Labute approximate surface area is 94.5 Å². The Balaban J connectivity index is 2.59. The number of hydrogen-bond acceptors (Lipinski definition) is 4. The fourth-order valence-corrected chi connectivity index (χ4v) is 1.17. The molecule has 0 aliphatic heterocycles. The summed E-state index contributed by atoms with van der Waals surface area (Å²) in [6.07, 6.45) is 1.40. The predicted molar refractivity (Wildman–Crippen MR) is 60.3 cm³/mol. The van der Waals surface area contributed by atoms with Gasteiger partial charge in [-0.15, -0.1) is 0 Å². The van der Waals surface area contributed by atoms with Crippen LogP contribution in [0.5, 0.6) is 0 Å². The summed E-state index contributed by atoms with van der Waals surface area (Å²) in [5.41, 5.74) is 1.34. The van der Waals surface area contributed by atoms with Crippen LogP contribution in [-0.4, -0.2) is 28.9 Å². The van der Waals surface area contributed by atoms with Gasteiger partial charge in [0.05, 0.1) is 6.10 Å². The number of ether oxygens (including phenoxy) is 1. The van der Waals surface area contributed by atoms with Crippen LogP contribution in [0.4, 0.5) is 10.5 Å². The Morgan fingerprint density at radius 1 is 1.62 bits per heavy atom. The number of aliphatic hydroxyl groups is 1. The summed E-state index contributed by atoms with van der Waals surface area (Å²) in [5.74, 6) is 0. The van der Waals surface area contributed by atoms with E-state index in [1.807, 2.05) is 0 Å². The highest BCUT2D eigenvalue weighted by Gasteiger charge is 2.05. The van der Waals surface area contributed by atoms with Crippen molar-refractivity contribution in [3.8, 4) is 0 Å². The van der Waals surface area contributed by atoms with E-state index in [9.17, 15) is 4.79 Å². The molecule has 1 aromatic rings. The standard InChI is InChI=1S/C11H16N2O3/c1-8(2)16-11(15)13-10-3-5-12-9(7-10)4-6-14/h3,5,7-8,14H,4,6H2,1-2H3,(H,12,13,15). The molecular formula is C11H16N2O3. The molecule has 0 aliphatic rings. The van der Waals surface area contributed by atoms with E-state index in [1.165, 1.54) is 0 Å². The van der Waals surface area contributed by atoms with E-state index in [1.54, 1.807) is 32.2 Å². The van der Waals surface area contributed by atoms with Gasteiger partial charge in [-0.05, 0) is 26.0 Å². The van der Waals surface area contributed by atoms with Crippen LogP contribution in [-0.2, 0) is 11.2 Å². The predicted octanol–water partition coefficient (Wildman–Crippen LogP) is 1.57. The number of nitrogens with zero attached hydrogens (tertiary/aromatic N) is 1. The van der Waals surface area contributed by atoms with Crippen molar-refractivity contribution in [2.75, 3.05) is 11.9 Å². The molecule has 0 saturated heterocycles. The minimum atomic E-state index is -0.490. The van der Waals surface area contributed by atoms with Gasteiger partial charge in [0.1, 0.15) is 0 Å². The fourth-order valence-electron chi connectivity index (χ4n) is 1.17. The van der Waals surface area contributed by atoms with Crippen LogP contribution in [0.25, 0.3) is 0 Å². The molecule has 0 atom stereocenters. The van der Waals surface area contributed by atoms with E-state index in [2.05, 4.69) is 10.3 Å². The molecule has 1 aromatic heterocycles. The molecule has 0 bridgehead atoms. The van der Waals surface area contributed by atoms with Crippen LogP contribution in [0.2, 0.25) is 0 Å². The van der Waals surface area contributed by atoms with Gasteiger partial charge < -0.3 is 9.84 Å². The number of anilines is 1. The third kappa shape index (κ3) is 4.27. The van der Waals surface area contributed by atoms with Gasteiger partial charge in [0, 0.05) is 30.6 Å². The molecule has 1 amide bonds. The monoisotopic (exact) mass is 224 g/mol. The molecule has 1 heterocycles.